The van der Waals surface area contributed by atoms with E-state index in [0.717, 1.165) is 0 Å². The van der Waals surface area contributed by atoms with Gasteiger partial charge in [-0.3, -0.25) is 14.4 Å². The van der Waals surface area contributed by atoms with Crippen LogP contribution in [0.15, 0.2) is 24.3 Å². The van der Waals surface area contributed by atoms with Crippen molar-refractivity contribution in [2.45, 2.75) is 25.8 Å². The SMILES string of the molecule is COC(=O)CC[C@@H](NC(=O)c1cccc(OC(C)=O)c1)C(=O)O. The molecular formula is C15H17NO7. The van der Waals surface area contributed by atoms with Gasteiger partial charge in [0.05, 0.1) is 7.11 Å². The normalized spacial score (nSPS) is 11.2. The number of carboxylic acids is 1. The summed E-state index contributed by atoms with van der Waals surface area (Å²) in [5.41, 5.74) is 0.132. The monoisotopic (exact) mass is 323 g/mol. The van der Waals surface area contributed by atoms with E-state index in [9.17, 15) is 19.2 Å². The summed E-state index contributed by atoms with van der Waals surface area (Å²) < 4.78 is 9.28. The molecule has 0 aromatic heterocycles. The molecule has 1 aromatic carbocycles. The number of methoxy groups -OCH3 is 1. The van der Waals surface area contributed by atoms with E-state index in [1.165, 1.54) is 38.3 Å². The zero-order valence-corrected chi connectivity index (χ0v) is 12.7. The van der Waals surface area contributed by atoms with Gasteiger partial charge in [0.25, 0.3) is 5.91 Å². The van der Waals surface area contributed by atoms with Gasteiger partial charge in [-0.1, -0.05) is 6.07 Å². The Balaban J connectivity index is 2.76. The average molecular weight is 323 g/mol. The Kier molecular flexibility index (Phi) is 6.72. The van der Waals surface area contributed by atoms with Crippen LogP contribution in [0.5, 0.6) is 5.75 Å². The molecule has 8 heteroatoms. The Hall–Kier alpha value is -2.90. The summed E-state index contributed by atoms with van der Waals surface area (Å²) in [6.07, 6.45) is -0.237. The highest BCUT2D eigenvalue weighted by Crippen LogP contribution is 2.14. The predicted octanol–water partition coefficient (Wildman–Crippen LogP) is 0.748. The van der Waals surface area contributed by atoms with Crippen LogP contribution in [0.3, 0.4) is 0 Å². The van der Waals surface area contributed by atoms with Gasteiger partial charge in [0.1, 0.15) is 11.8 Å². The molecule has 0 unspecified atom stereocenters. The molecule has 0 radical (unpaired) electrons. The minimum absolute atomic E-state index is 0.0998. The molecule has 1 amide bonds. The Morgan fingerprint density at radius 2 is 1.96 bits per heavy atom. The van der Waals surface area contributed by atoms with Gasteiger partial charge in [-0.25, -0.2) is 4.79 Å². The van der Waals surface area contributed by atoms with Gasteiger partial charge in [-0.05, 0) is 24.6 Å². The van der Waals surface area contributed by atoms with Gasteiger partial charge in [0.15, 0.2) is 0 Å². The molecule has 0 heterocycles. The third-order valence-corrected chi connectivity index (χ3v) is 2.83. The second-order valence-electron chi connectivity index (χ2n) is 4.60. The lowest BCUT2D eigenvalue weighted by Gasteiger charge is -2.14. The number of rotatable bonds is 7. The van der Waals surface area contributed by atoms with Crippen LogP contribution in [0.1, 0.15) is 30.1 Å². The quantitative estimate of drug-likeness (QED) is 0.561. The lowest BCUT2D eigenvalue weighted by molar-refractivity contribution is -0.142. The molecule has 0 fully saturated rings. The third-order valence-electron chi connectivity index (χ3n) is 2.83. The second kappa shape index (κ2) is 8.52. The topological polar surface area (TPSA) is 119 Å². The second-order valence-corrected chi connectivity index (χ2v) is 4.60. The molecule has 0 aliphatic heterocycles. The molecule has 1 rings (SSSR count). The van der Waals surface area contributed by atoms with E-state index in [2.05, 4.69) is 10.1 Å². The molecule has 8 nitrogen and oxygen atoms in total. The molecule has 23 heavy (non-hydrogen) atoms. The number of esters is 2. The fraction of sp³-hybridized carbons (Fsp3) is 0.333. The van der Waals surface area contributed by atoms with E-state index in [4.69, 9.17) is 9.84 Å². The van der Waals surface area contributed by atoms with Crippen molar-refractivity contribution in [1.82, 2.24) is 5.32 Å². The van der Waals surface area contributed by atoms with Crippen molar-refractivity contribution >= 4 is 23.8 Å². The molecule has 0 aliphatic carbocycles. The van der Waals surface area contributed by atoms with E-state index < -0.39 is 29.9 Å². The number of carbonyl (C=O) groups excluding carboxylic acids is 3. The maximum Gasteiger partial charge on any atom is 0.326 e. The number of ether oxygens (including phenoxy) is 2. The first-order valence-electron chi connectivity index (χ1n) is 6.72. The fourth-order valence-electron chi connectivity index (χ4n) is 1.73. The minimum atomic E-state index is -1.27. The van der Waals surface area contributed by atoms with Crippen molar-refractivity contribution in [1.29, 1.82) is 0 Å². The molecule has 0 aliphatic rings. The molecule has 1 atom stereocenters. The molecular weight excluding hydrogens is 306 g/mol. The Labute approximate surface area is 132 Å². The minimum Gasteiger partial charge on any atom is -0.480 e. The summed E-state index contributed by atoms with van der Waals surface area (Å²) in [5, 5.41) is 11.4. The van der Waals surface area contributed by atoms with Crippen molar-refractivity contribution in [3.8, 4) is 5.75 Å². The van der Waals surface area contributed by atoms with Gasteiger partial charge >= 0.3 is 17.9 Å². The number of hydrogen-bond acceptors (Lipinski definition) is 6. The first-order valence-corrected chi connectivity index (χ1v) is 6.72. The van der Waals surface area contributed by atoms with Crippen LogP contribution in [-0.4, -0.2) is 42.1 Å². The van der Waals surface area contributed by atoms with Crippen LogP contribution in [0.4, 0.5) is 0 Å². The molecule has 1 aromatic rings. The third kappa shape index (κ3) is 6.16. The molecule has 2 N–H and O–H groups in total. The van der Waals surface area contributed by atoms with Crippen LogP contribution in [-0.2, 0) is 19.1 Å². The number of carboxylic acid groups (broad SMARTS) is 1. The van der Waals surface area contributed by atoms with Gasteiger partial charge in [0.2, 0.25) is 0 Å². The maximum absolute atomic E-state index is 12.1. The summed E-state index contributed by atoms with van der Waals surface area (Å²) in [4.78, 5) is 45.2. The lowest BCUT2D eigenvalue weighted by Crippen LogP contribution is -2.41. The zero-order valence-electron chi connectivity index (χ0n) is 12.7. The van der Waals surface area contributed by atoms with Crippen molar-refractivity contribution in [2.24, 2.45) is 0 Å². The zero-order chi connectivity index (χ0) is 17.4. The van der Waals surface area contributed by atoms with Crippen molar-refractivity contribution in [2.75, 3.05) is 7.11 Å². The average Bonchev–Trinajstić information content (AvgIpc) is 2.50. The maximum atomic E-state index is 12.1. The van der Waals surface area contributed by atoms with Crippen LogP contribution in [0, 0.1) is 0 Å². The highest BCUT2D eigenvalue weighted by Gasteiger charge is 2.22. The van der Waals surface area contributed by atoms with E-state index in [1.807, 2.05) is 0 Å². The Morgan fingerprint density at radius 3 is 2.52 bits per heavy atom. The largest absolute Gasteiger partial charge is 0.480 e. The van der Waals surface area contributed by atoms with E-state index in [1.54, 1.807) is 0 Å². The first kappa shape index (κ1) is 18.1. The smallest absolute Gasteiger partial charge is 0.326 e. The van der Waals surface area contributed by atoms with Crippen molar-refractivity contribution in [3.05, 3.63) is 29.8 Å². The molecule has 0 spiro atoms. The van der Waals surface area contributed by atoms with Gasteiger partial charge in [0, 0.05) is 18.9 Å². The highest BCUT2D eigenvalue weighted by atomic mass is 16.5. The van der Waals surface area contributed by atoms with Crippen LogP contribution in [0.25, 0.3) is 0 Å². The number of aliphatic carboxylic acids is 1. The summed E-state index contributed by atoms with van der Waals surface area (Å²) in [6.45, 7) is 1.22. The van der Waals surface area contributed by atoms with Crippen LogP contribution >= 0.6 is 0 Å². The lowest BCUT2D eigenvalue weighted by atomic mass is 10.1. The van der Waals surface area contributed by atoms with Gasteiger partial charge in [-0.15, -0.1) is 0 Å². The number of amides is 1. The molecule has 0 saturated heterocycles. The van der Waals surface area contributed by atoms with Gasteiger partial charge < -0.3 is 19.9 Å². The fourth-order valence-corrected chi connectivity index (χ4v) is 1.73. The van der Waals surface area contributed by atoms with Crippen molar-refractivity contribution < 1.29 is 33.8 Å². The van der Waals surface area contributed by atoms with E-state index >= 15 is 0 Å². The van der Waals surface area contributed by atoms with Crippen LogP contribution < -0.4 is 10.1 Å². The number of benzene rings is 1. The molecule has 124 valence electrons. The Bertz CT molecular complexity index is 612. The van der Waals surface area contributed by atoms with Gasteiger partial charge in [-0.2, -0.15) is 0 Å². The van der Waals surface area contributed by atoms with E-state index in [0.29, 0.717) is 0 Å². The van der Waals surface area contributed by atoms with Crippen LogP contribution in [0.2, 0.25) is 0 Å². The number of carbonyl (C=O) groups is 4. The van der Waals surface area contributed by atoms with E-state index in [-0.39, 0.29) is 24.2 Å². The Morgan fingerprint density at radius 1 is 1.26 bits per heavy atom. The number of nitrogens with one attached hydrogen (secondary N) is 1. The first-order chi connectivity index (χ1) is 10.8. The predicted molar refractivity (Wildman–Crippen MR) is 77.9 cm³/mol. The number of hydrogen-bond donors (Lipinski definition) is 2. The summed E-state index contributed by atoms with van der Waals surface area (Å²) in [7, 11) is 1.19. The standard InChI is InChI=1S/C15H17NO7/c1-9(17)23-11-5-3-4-10(8-11)14(19)16-12(15(20)21)6-7-13(18)22-2/h3-5,8,12H,6-7H2,1-2H3,(H,16,19)(H,20,21)/t12-/m1/s1. The summed E-state index contributed by atoms with van der Waals surface area (Å²) >= 11 is 0. The summed E-state index contributed by atoms with van der Waals surface area (Å²) in [6, 6.07) is 4.51. The molecule has 0 saturated carbocycles. The molecule has 0 bridgehead atoms. The highest BCUT2D eigenvalue weighted by molar-refractivity contribution is 5.97. The summed E-state index contributed by atoms with van der Waals surface area (Å²) in [5.74, 6) is -2.85. The van der Waals surface area contributed by atoms with Crippen molar-refractivity contribution in [3.63, 3.8) is 0 Å².